The maximum atomic E-state index is 13.2. The third-order valence-corrected chi connectivity index (χ3v) is 7.65. The quantitative estimate of drug-likeness (QED) is 0.292. The zero-order chi connectivity index (χ0) is 20.3. The van der Waals surface area contributed by atoms with Crippen molar-refractivity contribution in [2.24, 2.45) is 0 Å². The third-order valence-electron chi connectivity index (χ3n) is 4.98. The van der Waals surface area contributed by atoms with E-state index >= 15 is 0 Å². The van der Waals surface area contributed by atoms with Crippen molar-refractivity contribution < 1.29 is 4.21 Å². The fraction of sp³-hybridized carbons (Fsp3) is 0.308. The zero-order valence-corrected chi connectivity index (χ0v) is 18.8. The first-order chi connectivity index (χ1) is 14.3. The molecule has 1 nitrogen and oxygen atoms in total. The molecule has 0 amide bonds. The van der Waals surface area contributed by atoms with Crippen LogP contribution in [0.15, 0.2) is 98.4 Å². The smallest absolute Gasteiger partial charge is 0.0861 e. The van der Waals surface area contributed by atoms with Crippen molar-refractivity contribution in [2.45, 2.75) is 71.5 Å². The van der Waals surface area contributed by atoms with Crippen molar-refractivity contribution in [1.29, 1.82) is 0 Å². The van der Waals surface area contributed by atoms with Crippen molar-refractivity contribution in [1.82, 2.24) is 0 Å². The number of aryl methyl sites for hydroxylation is 1. The molecular formula is C26H30OS2. The van der Waals surface area contributed by atoms with Crippen molar-refractivity contribution in [2.75, 3.05) is 0 Å². The zero-order valence-electron chi connectivity index (χ0n) is 17.2. The van der Waals surface area contributed by atoms with E-state index in [0.29, 0.717) is 0 Å². The SMILES string of the molecule is CCCCCCCCc1ccc(S(=O)c2ccccc2Sc2ccccc2)cc1. The molecule has 0 N–H and O–H groups in total. The van der Waals surface area contributed by atoms with Crippen LogP contribution < -0.4 is 0 Å². The minimum atomic E-state index is -1.17. The summed E-state index contributed by atoms with van der Waals surface area (Å²) in [6, 6.07) is 26.6. The van der Waals surface area contributed by atoms with Gasteiger partial charge in [0.05, 0.1) is 15.7 Å². The number of benzene rings is 3. The Morgan fingerprint density at radius 3 is 2.14 bits per heavy atom. The molecule has 0 spiro atoms. The predicted octanol–water partition coefficient (Wildman–Crippen LogP) is 7.91. The molecule has 1 unspecified atom stereocenters. The Morgan fingerprint density at radius 1 is 0.724 bits per heavy atom. The van der Waals surface area contributed by atoms with Crippen LogP contribution in [0.2, 0.25) is 0 Å². The highest BCUT2D eigenvalue weighted by Crippen LogP contribution is 2.33. The lowest BCUT2D eigenvalue weighted by Gasteiger charge is -2.10. The van der Waals surface area contributed by atoms with Gasteiger partial charge in [0.15, 0.2) is 0 Å². The second-order valence-electron chi connectivity index (χ2n) is 7.29. The lowest BCUT2D eigenvalue weighted by Crippen LogP contribution is -1.96. The van der Waals surface area contributed by atoms with E-state index < -0.39 is 10.8 Å². The van der Waals surface area contributed by atoms with E-state index in [9.17, 15) is 4.21 Å². The average molecular weight is 423 g/mol. The van der Waals surface area contributed by atoms with Crippen molar-refractivity contribution in [3.05, 3.63) is 84.4 Å². The molecule has 0 aliphatic rings. The summed E-state index contributed by atoms with van der Waals surface area (Å²) in [5, 5.41) is 0. The highest BCUT2D eigenvalue weighted by Gasteiger charge is 2.13. The second-order valence-corrected chi connectivity index (χ2v) is 9.86. The maximum absolute atomic E-state index is 13.2. The molecule has 29 heavy (non-hydrogen) atoms. The van der Waals surface area contributed by atoms with Gasteiger partial charge < -0.3 is 0 Å². The van der Waals surface area contributed by atoms with E-state index in [-0.39, 0.29) is 0 Å². The molecule has 3 aromatic carbocycles. The monoisotopic (exact) mass is 422 g/mol. The molecule has 3 aromatic rings. The summed E-state index contributed by atoms with van der Waals surface area (Å²) in [5.41, 5.74) is 1.34. The topological polar surface area (TPSA) is 17.1 Å². The molecule has 0 aromatic heterocycles. The Balaban J connectivity index is 1.62. The van der Waals surface area contributed by atoms with E-state index in [4.69, 9.17) is 0 Å². The molecule has 0 radical (unpaired) electrons. The van der Waals surface area contributed by atoms with E-state index in [0.717, 1.165) is 26.0 Å². The summed E-state index contributed by atoms with van der Waals surface area (Å²) in [4.78, 5) is 3.96. The summed E-state index contributed by atoms with van der Waals surface area (Å²) in [5.74, 6) is 0. The second kappa shape index (κ2) is 12.0. The molecule has 3 heteroatoms. The number of hydrogen-bond donors (Lipinski definition) is 0. The molecule has 1 atom stereocenters. The van der Waals surface area contributed by atoms with Gasteiger partial charge >= 0.3 is 0 Å². The van der Waals surface area contributed by atoms with Gasteiger partial charge in [-0.05, 0) is 54.8 Å². The van der Waals surface area contributed by atoms with Gasteiger partial charge in [-0.2, -0.15) is 0 Å². The van der Waals surface area contributed by atoms with E-state index in [1.807, 2.05) is 48.5 Å². The Morgan fingerprint density at radius 2 is 1.38 bits per heavy atom. The van der Waals surface area contributed by atoms with Gasteiger partial charge in [-0.15, -0.1) is 0 Å². The van der Waals surface area contributed by atoms with Gasteiger partial charge in [0.25, 0.3) is 0 Å². The molecule has 0 heterocycles. The summed E-state index contributed by atoms with van der Waals surface area (Å²) in [6.45, 7) is 2.25. The molecule has 0 saturated heterocycles. The number of hydrogen-bond acceptors (Lipinski definition) is 2. The van der Waals surface area contributed by atoms with E-state index in [1.165, 1.54) is 44.1 Å². The van der Waals surface area contributed by atoms with Crippen LogP contribution in [0.1, 0.15) is 51.0 Å². The molecule has 0 fully saturated rings. The summed E-state index contributed by atoms with van der Waals surface area (Å²) in [6.07, 6.45) is 9.00. The third kappa shape index (κ3) is 6.87. The molecule has 3 rings (SSSR count). The fourth-order valence-electron chi connectivity index (χ4n) is 3.32. The van der Waals surface area contributed by atoms with Crippen LogP contribution in [-0.4, -0.2) is 4.21 Å². The Hall–Kier alpha value is -1.84. The van der Waals surface area contributed by atoms with Crippen LogP contribution in [0.5, 0.6) is 0 Å². The van der Waals surface area contributed by atoms with Gasteiger partial charge in [-0.1, -0.05) is 93.3 Å². The van der Waals surface area contributed by atoms with Gasteiger partial charge in [0.1, 0.15) is 0 Å². The largest absolute Gasteiger partial charge is 0.249 e. The Bertz CT molecular complexity index is 888. The van der Waals surface area contributed by atoms with Gasteiger partial charge in [-0.25, -0.2) is 4.21 Å². The number of rotatable bonds is 11. The molecular weight excluding hydrogens is 392 g/mol. The standard InChI is InChI=1S/C26H30OS2/c1-2-3-4-5-6-8-13-22-18-20-24(21-19-22)29(27)26-17-12-11-16-25(26)28-23-14-9-7-10-15-23/h7,9-12,14-21H,2-6,8,13H2,1H3. The van der Waals surface area contributed by atoms with Crippen LogP contribution in [-0.2, 0) is 17.2 Å². The van der Waals surface area contributed by atoms with E-state index in [1.54, 1.807) is 11.8 Å². The summed E-state index contributed by atoms with van der Waals surface area (Å²) >= 11 is 1.67. The Labute approximate surface area is 182 Å². The van der Waals surface area contributed by atoms with Crippen LogP contribution in [0.25, 0.3) is 0 Å². The lowest BCUT2D eigenvalue weighted by molar-refractivity contribution is 0.607. The summed E-state index contributed by atoms with van der Waals surface area (Å²) in [7, 11) is -1.17. The molecule has 0 saturated carbocycles. The first-order valence-electron chi connectivity index (χ1n) is 10.6. The lowest BCUT2D eigenvalue weighted by atomic mass is 10.1. The molecule has 0 aliphatic heterocycles. The van der Waals surface area contributed by atoms with Crippen LogP contribution in [0.3, 0.4) is 0 Å². The van der Waals surface area contributed by atoms with Gasteiger partial charge in [0, 0.05) is 14.7 Å². The van der Waals surface area contributed by atoms with Crippen molar-refractivity contribution in [3.63, 3.8) is 0 Å². The fourth-order valence-corrected chi connectivity index (χ4v) is 5.62. The Kier molecular flexibility index (Phi) is 9.04. The number of unbranched alkanes of at least 4 members (excludes halogenated alkanes) is 5. The highest BCUT2D eigenvalue weighted by molar-refractivity contribution is 8.00. The minimum Gasteiger partial charge on any atom is -0.249 e. The van der Waals surface area contributed by atoms with Crippen molar-refractivity contribution >= 4 is 22.6 Å². The van der Waals surface area contributed by atoms with Crippen molar-refractivity contribution in [3.8, 4) is 0 Å². The summed E-state index contributed by atoms with van der Waals surface area (Å²) < 4.78 is 13.2. The van der Waals surface area contributed by atoms with Crippen LogP contribution in [0.4, 0.5) is 0 Å². The van der Waals surface area contributed by atoms with Crippen LogP contribution >= 0.6 is 11.8 Å². The first-order valence-corrected chi connectivity index (χ1v) is 12.6. The molecule has 0 bridgehead atoms. The average Bonchev–Trinajstić information content (AvgIpc) is 2.77. The van der Waals surface area contributed by atoms with Gasteiger partial charge in [0.2, 0.25) is 0 Å². The first kappa shape index (κ1) is 21.9. The van der Waals surface area contributed by atoms with Crippen LogP contribution in [0, 0.1) is 0 Å². The van der Waals surface area contributed by atoms with E-state index in [2.05, 4.69) is 37.3 Å². The molecule has 0 aliphatic carbocycles. The molecule has 152 valence electrons. The van der Waals surface area contributed by atoms with Gasteiger partial charge in [-0.3, -0.25) is 0 Å². The predicted molar refractivity (Wildman–Crippen MR) is 125 cm³/mol. The highest BCUT2D eigenvalue weighted by atomic mass is 32.2. The normalized spacial score (nSPS) is 12.0. The maximum Gasteiger partial charge on any atom is 0.0861 e. The minimum absolute atomic E-state index is 0.873.